The molecule has 0 spiro atoms. The summed E-state index contributed by atoms with van der Waals surface area (Å²) < 4.78 is 18.2. The van der Waals surface area contributed by atoms with Gasteiger partial charge in [-0.25, -0.2) is 4.39 Å². The molecule has 0 unspecified atom stereocenters. The average molecular weight is 170 g/mol. The zero-order valence-corrected chi connectivity index (χ0v) is 6.66. The Kier molecular flexibility index (Phi) is 1.74. The molecule has 11 heavy (non-hydrogen) atoms. The molecule has 2 rings (SSSR count). The van der Waals surface area contributed by atoms with Gasteiger partial charge in [-0.05, 0) is 12.1 Å². The lowest BCUT2D eigenvalue weighted by Gasteiger charge is -2.16. The minimum atomic E-state index is -0.174. The van der Waals surface area contributed by atoms with E-state index in [-0.39, 0.29) is 5.82 Å². The molecule has 0 amide bonds. The highest BCUT2D eigenvalue weighted by molar-refractivity contribution is 7.99. The van der Waals surface area contributed by atoms with E-state index in [1.54, 1.807) is 12.1 Å². The number of ether oxygens (including phenoxy) is 1. The van der Waals surface area contributed by atoms with Gasteiger partial charge in [0.1, 0.15) is 11.6 Å². The van der Waals surface area contributed by atoms with Gasteiger partial charge in [0.2, 0.25) is 0 Å². The summed E-state index contributed by atoms with van der Waals surface area (Å²) in [5.74, 6) is 1.35. The van der Waals surface area contributed by atoms with Crippen LogP contribution in [0.2, 0.25) is 0 Å². The Balaban J connectivity index is 2.49. The van der Waals surface area contributed by atoms with Gasteiger partial charge in [-0.3, -0.25) is 0 Å². The molecule has 0 saturated heterocycles. The summed E-state index contributed by atoms with van der Waals surface area (Å²) in [6.45, 7) is 0.682. The molecule has 0 bridgehead atoms. The number of hydrogen-bond acceptors (Lipinski definition) is 2. The first-order valence-corrected chi connectivity index (χ1v) is 4.40. The highest BCUT2D eigenvalue weighted by Gasteiger charge is 2.13. The Morgan fingerprint density at radius 2 is 2.36 bits per heavy atom. The molecule has 0 fully saturated rings. The number of hydrogen-bond donors (Lipinski definition) is 0. The Morgan fingerprint density at radius 3 is 3.18 bits per heavy atom. The number of halogens is 1. The van der Waals surface area contributed by atoms with Crippen LogP contribution in [0.4, 0.5) is 4.39 Å². The molecule has 58 valence electrons. The molecule has 1 aliphatic rings. The highest BCUT2D eigenvalue weighted by Crippen LogP contribution is 2.34. The molecule has 1 aromatic rings. The lowest BCUT2D eigenvalue weighted by Crippen LogP contribution is -2.07. The van der Waals surface area contributed by atoms with Crippen LogP contribution in [0.15, 0.2) is 23.1 Å². The molecule has 1 heterocycles. The summed E-state index contributed by atoms with van der Waals surface area (Å²) in [5, 5.41) is 0. The summed E-state index contributed by atoms with van der Waals surface area (Å²) in [5.41, 5.74) is 0. The largest absolute Gasteiger partial charge is 0.491 e. The first-order chi connectivity index (χ1) is 5.38. The summed E-state index contributed by atoms with van der Waals surface area (Å²) in [7, 11) is 0. The van der Waals surface area contributed by atoms with Crippen LogP contribution < -0.4 is 4.74 Å². The Labute approximate surface area is 68.6 Å². The third kappa shape index (κ3) is 1.20. The number of fused-ring (bicyclic) bond motifs is 1. The second kappa shape index (κ2) is 2.74. The molecule has 0 N–H and O–H groups in total. The van der Waals surface area contributed by atoms with E-state index < -0.39 is 0 Å². The molecule has 1 aromatic carbocycles. The number of rotatable bonds is 0. The van der Waals surface area contributed by atoms with E-state index in [4.69, 9.17) is 4.74 Å². The van der Waals surface area contributed by atoms with Crippen molar-refractivity contribution in [2.24, 2.45) is 0 Å². The van der Waals surface area contributed by atoms with Crippen LogP contribution in [-0.2, 0) is 0 Å². The zero-order chi connectivity index (χ0) is 7.68. The maximum atomic E-state index is 13.0. The van der Waals surface area contributed by atoms with E-state index in [1.807, 2.05) is 0 Å². The second-order valence-corrected chi connectivity index (χ2v) is 3.37. The zero-order valence-electron chi connectivity index (χ0n) is 5.84. The smallest absolute Gasteiger partial charge is 0.140 e. The van der Waals surface area contributed by atoms with E-state index in [0.29, 0.717) is 17.3 Å². The van der Waals surface area contributed by atoms with Gasteiger partial charge in [0.25, 0.3) is 0 Å². The van der Waals surface area contributed by atoms with Crippen LogP contribution in [0, 0.1) is 5.82 Å². The summed E-state index contributed by atoms with van der Waals surface area (Å²) in [4.78, 5) is 0.652. The van der Waals surface area contributed by atoms with Crippen molar-refractivity contribution in [1.82, 2.24) is 0 Å². The standard InChI is InChI=1S/C8H7FOS/c9-6-2-1-3-7-8(6)11-5-4-10-7/h1-3H,4-5H2. The molecular weight excluding hydrogens is 163 g/mol. The van der Waals surface area contributed by atoms with E-state index in [1.165, 1.54) is 17.8 Å². The second-order valence-electron chi connectivity index (χ2n) is 2.26. The van der Waals surface area contributed by atoms with E-state index in [9.17, 15) is 4.39 Å². The summed E-state index contributed by atoms with van der Waals surface area (Å²) in [6.07, 6.45) is 0. The third-order valence-corrected chi connectivity index (χ3v) is 2.57. The number of thioether (sulfide) groups is 1. The van der Waals surface area contributed by atoms with Crippen LogP contribution >= 0.6 is 11.8 Å². The quantitative estimate of drug-likeness (QED) is 0.591. The monoisotopic (exact) mass is 170 g/mol. The molecule has 0 atom stereocenters. The lowest BCUT2D eigenvalue weighted by atomic mass is 10.3. The van der Waals surface area contributed by atoms with Gasteiger partial charge in [0, 0.05) is 5.75 Å². The van der Waals surface area contributed by atoms with Crippen molar-refractivity contribution in [2.75, 3.05) is 12.4 Å². The fourth-order valence-corrected chi connectivity index (χ4v) is 1.88. The first kappa shape index (κ1) is 6.98. The van der Waals surface area contributed by atoms with Crippen LogP contribution in [0.1, 0.15) is 0 Å². The SMILES string of the molecule is Fc1cccc2c1SCCO2. The van der Waals surface area contributed by atoms with Crippen molar-refractivity contribution in [3.05, 3.63) is 24.0 Å². The lowest BCUT2D eigenvalue weighted by molar-refractivity contribution is 0.325. The van der Waals surface area contributed by atoms with Gasteiger partial charge in [0.05, 0.1) is 11.5 Å². The first-order valence-electron chi connectivity index (χ1n) is 3.42. The molecule has 0 aromatic heterocycles. The van der Waals surface area contributed by atoms with E-state index in [2.05, 4.69) is 0 Å². The Bertz CT molecular complexity index is 275. The van der Waals surface area contributed by atoms with Crippen molar-refractivity contribution in [3.8, 4) is 5.75 Å². The fourth-order valence-electron chi connectivity index (χ4n) is 1.04. The van der Waals surface area contributed by atoms with Gasteiger partial charge in [-0.2, -0.15) is 0 Å². The van der Waals surface area contributed by atoms with Crippen LogP contribution in [0.25, 0.3) is 0 Å². The van der Waals surface area contributed by atoms with Crippen molar-refractivity contribution >= 4 is 11.8 Å². The maximum Gasteiger partial charge on any atom is 0.140 e. The van der Waals surface area contributed by atoms with E-state index >= 15 is 0 Å². The summed E-state index contributed by atoms with van der Waals surface area (Å²) in [6, 6.07) is 4.92. The van der Waals surface area contributed by atoms with Crippen molar-refractivity contribution in [3.63, 3.8) is 0 Å². The van der Waals surface area contributed by atoms with Crippen LogP contribution in [-0.4, -0.2) is 12.4 Å². The predicted octanol–water partition coefficient (Wildman–Crippen LogP) is 2.31. The number of benzene rings is 1. The topological polar surface area (TPSA) is 9.23 Å². The normalized spacial score (nSPS) is 15.4. The third-order valence-electron chi connectivity index (χ3n) is 1.52. The fraction of sp³-hybridized carbons (Fsp3) is 0.250. The molecular formula is C8H7FOS. The average Bonchev–Trinajstić information content (AvgIpc) is 2.06. The summed E-state index contributed by atoms with van der Waals surface area (Å²) >= 11 is 1.52. The minimum absolute atomic E-state index is 0.174. The van der Waals surface area contributed by atoms with Gasteiger partial charge in [0.15, 0.2) is 0 Å². The van der Waals surface area contributed by atoms with Gasteiger partial charge >= 0.3 is 0 Å². The molecule has 0 radical (unpaired) electrons. The highest BCUT2D eigenvalue weighted by atomic mass is 32.2. The van der Waals surface area contributed by atoms with E-state index in [0.717, 1.165) is 5.75 Å². The molecule has 0 aliphatic carbocycles. The molecule has 0 saturated carbocycles. The minimum Gasteiger partial charge on any atom is -0.491 e. The molecule has 3 heteroatoms. The van der Waals surface area contributed by atoms with Gasteiger partial charge in [-0.15, -0.1) is 11.8 Å². The van der Waals surface area contributed by atoms with Crippen molar-refractivity contribution in [2.45, 2.75) is 4.90 Å². The molecule has 1 aliphatic heterocycles. The predicted molar refractivity (Wildman–Crippen MR) is 42.6 cm³/mol. The maximum absolute atomic E-state index is 13.0. The Morgan fingerprint density at radius 1 is 1.45 bits per heavy atom. The van der Waals surface area contributed by atoms with Gasteiger partial charge < -0.3 is 4.74 Å². The van der Waals surface area contributed by atoms with Crippen molar-refractivity contribution in [1.29, 1.82) is 0 Å². The molecule has 1 nitrogen and oxygen atoms in total. The van der Waals surface area contributed by atoms with Crippen molar-refractivity contribution < 1.29 is 9.13 Å². The van der Waals surface area contributed by atoms with Crippen LogP contribution in [0.5, 0.6) is 5.75 Å². The van der Waals surface area contributed by atoms with Crippen LogP contribution in [0.3, 0.4) is 0 Å². The Hall–Kier alpha value is -0.700. The van der Waals surface area contributed by atoms with Gasteiger partial charge in [-0.1, -0.05) is 6.07 Å².